The summed E-state index contributed by atoms with van der Waals surface area (Å²) in [6.07, 6.45) is 6.58. The molecule has 6 aromatic rings. The van der Waals surface area contributed by atoms with E-state index < -0.39 is 0 Å². The molecule has 0 unspecified atom stereocenters. The third-order valence-corrected chi connectivity index (χ3v) is 9.38. The molecule has 0 aliphatic rings. The summed E-state index contributed by atoms with van der Waals surface area (Å²) in [6.45, 7) is 14.8. The number of carbonyl (C=O) groups is 1. The molecule has 5 heteroatoms. The molecule has 0 fully saturated rings. The minimum Gasteiger partial charge on any atom is -0.512 e. The number of rotatable bonds is 8. The van der Waals surface area contributed by atoms with E-state index in [-0.39, 0.29) is 48.9 Å². The predicted octanol–water partition coefficient (Wildman–Crippen LogP) is 11.7. The van der Waals surface area contributed by atoms with Crippen LogP contribution in [-0.2, 0) is 30.3 Å². The molecule has 1 heterocycles. The van der Waals surface area contributed by atoms with E-state index in [0.29, 0.717) is 0 Å². The number of aliphatic hydroxyl groups is 1. The Hall–Kier alpha value is -3.92. The molecule has 0 saturated heterocycles. The van der Waals surface area contributed by atoms with Crippen LogP contribution in [0.4, 0.5) is 0 Å². The topological polar surface area (TPSA) is 63.1 Å². The molecule has 4 nitrogen and oxygen atoms in total. The first-order valence-electron chi connectivity index (χ1n) is 17.0. The molecule has 0 amide bonds. The second kappa shape index (κ2) is 16.0. The van der Waals surface area contributed by atoms with E-state index in [9.17, 15) is 9.90 Å². The summed E-state index contributed by atoms with van der Waals surface area (Å²) in [7, 11) is 0. The van der Waals surface area contributed by atoms with Gasteiger partial charge in [0.25, 0.3) is 0 Å². The summed E-state index contributed by atoms with van der Waals surface area (Å²) in [4.78, 5) is 21.1. The van der Waals surface area contributed by atoms with Gasteiger partial charge in [-0.05, 0) is 76.2 Å². The first-order chi connectivity index (χ1) is 22.6. The number of allylic oxidation sites excluding steroid dienone is 2. The monoisotopic (exact) mass is 816 g/mol. The van der Waals surface area contributed by atoms with E-state index >= 15 is 0 Å². The van der Waals surface area contributed by atoms with E-state index in [1.54, 1.807) is 6.33 Å². The normalized spacial score (nSPS) is 12.1. The summed E-state index contributed by atoms with van der Waals surface area (Å²) in [5, 5.41) is 18.1. The van der Waals surface area contributed by atoms with E-state index in [1.165, 1.54) is 38.6 Å². The van der Waals surface area contributed by atoms with Crippen LogP contribution in [0, 0.1) is 17.9 Å². The van der Waals surface area contributed by atoms with Gasteiger partial charge >= 0.3 is 0 Å². The maximum atomic E-state index is 11.7. The minimum atomic E-state index is 0. The van der Waals surface area contributed by atoms with Crippen molar-refractivity contribution in [1.82, 2.24) is 9.97 Å². The van der Waals surface area contributed by atoms with Crippen LogP contribution in [0.25, 0.3) is 54.5 Å². The Morgan fingerprint density at radius 2 is 1.33 bits per heavy atom. The zero-order chi connectivity index (χ0) is 33.7. The Bertz CT molecular complexity index is 2070. The molecule has 0 atom stereocenters. The van der Waals surface area contributed by atoms with Gasteiger partial charge in [-0.2, -0.15) is 0 Å². The zero-order valence-corrected chi connectivity index (χ0v) is 31.6. The maximum Gasteiger partial charge on any atom is 0.162 e. The van der Waals surface area contributed by atoms with Gasteiger partial charge in [0, 0.05) is 43.7 Å². The average Bonchev–Trinajstić information content (AvgIpc) is 3.06. The third kappa shape index (κ3) is 8.02. The van der Waals surface area contributed by atoms with Gasteiger partial charge in [0.2, 0.25) is 0 Å². The van der Waals surface area contributed by atoms with Gasteiger partial charge in [-0.1, -0.05) is 108 Å². The van der Waals surface area contributed by atoms with Crippen molar-refractivity contribution in [1.29, 1.82) is 0 Å². The Morgan fingerprint density at radius 3 is 1.94 bits per heavy atom. The predicted molar refractivity (Wildman–Crippen MR) is 199 cm³/mol. The Morgan fingerprint density at radius 1 is 0.750 bits per heavy atom. The molecule has 0 aliphatic carbocycles. The Balaban J connectivity index is 0.000000279. The number of fused-ring (bicyclic) bond motifs is 4. The molecule has 0 aliphatic heterocycles. The molecule has 5 aromatic carbocycles. The minimum absolute atomic E-state index is 0. The number of benzene rings is 5. The van der Waals surface area contributed by atoms with Crippen LogP contribution in [0.1, 0.15) is 79.7 Å². The molecule has 6 rings (SSSR count). The van der Waals surface area contributed by atoms with Crippen molar-refractivity contribution in [2.45, 2.75) is 79.6 Å². The van der Waals surface area contributed by atoms with Crippen molar-refractivity contribution in [3.8, 4) is 11.3 Å². The summed E-state index contributed by atoms with van der Waals surface area (Å²) in [5.74, 6) is 0.547. The largest absolute Gasteiger partial charge is 0.512 e. The van der Waals surface area contributed by atoms with Gasteiger partial charge in [0.1, 0.15) is 6.33 Å². The van der Waals surface area contributed by atoms with Crippen LogP contribution >= 0.6 is 0 Å². The van der Waals surface area contributed by atoms with Crippen molar-refractivity contribution < 1.29 is 30.0 Å². The number of aromatic nitrogens is 2. The maximum absolute atomic E-state index is 11.7. The molecule has 1 N–H and O–H groups in total. The fraction of sp³-hybridized carbons (Fsp3) is 0.326. The summed E-state index contributed by atoms with van der Waals surface area (Å²) >= 11 is 0. The van der Waals surface area contributed by atoms with Crippen LogP contribution in [-0.4, -0.2) is 20.9 Å². The summed E-state index contributed by atoms with van der Waals surface area (Å²) in [6, 6.07) is 31.8. The van der Waals surface area contributed by atoms with Crippen LogP contribution < -0.4 is 0 Å². The fourth-order valence-electron chi connectivity index (χ4n) is 6.47. The van der Waals surface area contributed by atoms with E-state index in [0.717, 1.165) is 53.2 Å². The number of carbonyl (C=O) groups excluding carboxylic acids is 1. The molecule has 0 bridgehead atoms. The van der Waals surface area contributed by atoms with Gasteiger partial charge in [0.05, 0.1) is 11.3 Å². The molecule has 0 saturated carbocycles. The van der Waals surface area contributed by atoms with Crippen molar-refractivity contribution >= 4 is 49.0 Å². The van der Waals surface area contributed by atoms with Crippen molar-refractivity contribution in [2.24, 2.45) is 11.8 Å². The average molecular weight is 816 g/mol. The fourth-order valence-corrected chi connectivity index (χ4v) is 6.47. The molecular weight excluding hydrogens is 769 g/mol. The van der Waals surface area contributed by atoms with Crippen LogP contribution in [0.2, 0.25) is 0 Å². The van der Waals surface area contributed by atoms with E-state index in [1.807, 2.05) is 27.7 Å². The number of ketones is 1. The van der Waals surface area contributed by atoms with Crippen molar-refractivity contribution in [3.63, 3.8) is 0 Å². The van der Waals surface area contributed by atoms with Crippen LogP contribution in [0.15, 0.2) is 97.0 Å². The Labute approximate surface area is 299 Å². The molecule has 251 valence electrons. The SMILES string of the molecule is CC(C)(C)c1cc(-c2ncnc3cc4cc5ccccc5cc4cc23)[c-]c2ccccc12.CCC(CC)C(=O)/C=C(\O)C(CC)CC.[Ir]. The van der Waals surface area contributed by atoms with Crippen LogP contribution in [0.5, 0.6) is 0 Å². The standard InChI is InChI=1S/C30H23N2.C13H24O2.Ir/c1-30(2,3)27-16-24(14-21-10-6-7-11-25(21)27)29-26-15-22-12-19-8-4-5-9-20(19)13-23(22)17-28(26)31-18-32-29;1-5-10(6-2)12(14)9-13(15)11(7-3)8-4;/h4-13,15-18H,1-3H3;9-11,14H,5-8H2,1-4H3;/q-1;;/b;12-9-;. The first kappa shape index (κ1) is 36.9. The van der Waals surface area contributed by atoms with E-state index in [2.05, 4.69) is 111 Å². The van der Waals surface area contributed by atoms with Crippen molar-refractivity contribution in [3.05, 3.63) is 109 Å². The number of nitrogens with zero attached hydrogens (tertiary/aromatic N) is 2. The van der Waals surface area contributed by atoms with Gasteiger partial charge in [0.15, 0.2) is 5.78 Å². The second-order valence-electron chi connectivity index (χ2n) is 13.5. The number of hydrogen-bond donors (Lipinski definition) is 1. The molecule has 1 aromatic heterocycles. The summed E-state index contributed by atoms with van der Waals surface area (Å²) in [5.41, 5.74) is 4.22. The number of hydrogen-bond acceptors (Lipinski definition) is 4. The smallest absolute Gasteiger partial charge is 0.162 e. The summed E-state index contributed by atoms with van der Waals surface area (Å²) < 4.78 is 0. The molecule has 1 radical (unpaired) electrons. The van der Waals surface area contributed by atoms with E-state index in [4.69, 9.17) is 4.98 Å². The third-order valence-electron chi connectivity index (χ3n) is 9.38. The van der Waals surface area contributed by atoms with Gasteiger partial charge in [-0.3, -0.25) is 9.78 Å². The van der Waals surface area contributed by atoms with Crippen LogP contribution in [0.3, 0.4) is 0 Å². The van der Waals surface area contributed by atoms with Crippen molar-refractivity contribution in [2.75, 3.05) is 0 Å². The van der Waals surface area contributed by atoms with Gasteiger partial charge < -0.3 is 5.11 Å². The Kier molecular flexibility index (Phi) is 12.3. The van der Waals surface area contributed by atoms with Gasteiger partial charge in [-0.25, -0.2) is 4.98 Å². The quantitative estimate of drug-likeness (QED) is 0.0719. The molecular formula is C43H47IrN2O2-. The zero-order valence-electron chi connectivity index (χ0n) is 29.2. The molecule has 0 spiro atoms. The van der Waals surface area contributed by atoms with Gasteiger partial charge in [-0.15, -0.1) is 29.1 Å². The number of aliphatic hydroxyl groups excluding tert-OH is 1. The molecule has 48 heavy (non-hydrogen) atoms. The first-order valence-corrected chi connectivity index (χ1v) is 17.0. The second-order valence-corrected chi connectivity index (χ2v) is 13.5.